The predicted octanol–water partition coefficient (Wildman–Crippen LogP) is 6.42. The van der Waals surface area contributed by atoms with Gasteiger partial charge in [-0.2, -0.15) is 5.10 Å². The number of amides is 1. The van der Waals surface area contributed by atoms with Gasteiger partial charge in [-0.25, -0.2) is 4.68 Å². The number of rotatable bonds is 8. The molecule has 2 aliphatic rings. The molecule has 1 aromatic heterocycles. The van der Waals surface area contributed by atoms with Gasteiger partial charge in [-0.15, -0.1) is 11.8 Å². The smallest absolute Gasteiger partial charge is 0.266 e. The summed E-state index contributed by atoms with van der Waals surface area (Å²) in [7, 11) is 0. The first kappa shape index (κ1) is 24.3. The van der Waals surface area contributed by atoms with Crippen LogP contribution in [0.2, 0.25) is 0 Å². The number of carbonyl (C=O) groups is 1. The number of nitrogens with zero attached hydrogens (tertiary/aromatic N) is 3. The van der Waals surface area contributed by atoms with Crippen LogP contribution < -0.4 is 0 Å². The summed E-state index contributed by atoms with van der Waals surface area (Å²) in [5.41, 5.74) is 3.71. The lowest BCUT2D eigenvalue weighted by atomic mass is 10.1. The van der Waals surface area contributed by atoms with Gasteiger partial charge in [0.25, 0.3) is 5.91 Å². The van der Waals surface area contributed by atoms with Gasteiger partial charge in [0, 0.05) is 28.8 Å². The summed E-state index contributed by atoms with van der Waals surface area (Å²) in [6.45, 7) is 3.47. The van der Waals surface area contributed by atoms with E-state index in [1.807, 2.05) is 59.0 Å². The van der Waals surface area contributed by atoms with Crippen LogP contribution >= 0.6 is 35.7 Å². The Labute approximate surface area is 219 Å². The molecule has 0 saturated carbocycles. The van der Waals surface area contributed by atoms with Crippen molar-refractivity contribution in [1.82, 2.24) is 14.7 Å². The molecule has 1 atom stereocenters. The van der Waals surface area contributed by atoms with Crippen molar-refractivity contribution in [2.24, 2.45) is 0 Å². The molecular weight excluding hydrogens is 495 g/mol. The minimum atomic E-state index is -0.0553. The average Bonchev–Trinajstić information content (AvgIpc) is 3.61. The topological polar surface area (TPSA) is 47.4 Å². The Kier molecular flexibility index (Phi) is 7.72. The van der Waals surface area contributed by atoms with Crippen molar-refractivity contribution in [3.05, 3.63) is 71.3 Å². The largest absolute Gasteiger partial charge is 0.376 e. The Balaban J connectivity index is 1.47. The van der Waals surface area contributed by atoms with Crippen molar-refractivity contribution >= 4 is 52.0 Å². The Bertz CT molecular complexity index is 1230. The summed E-state index contributed by atoms with van der Waals surface area (Å²) in [5.74, 6) is 1.04. The van der Waals surface area contributed by atoms with E-state index >= 15 is 0 Å². The maximum absolute atomic E-state index is 13.2. The predicted molar refractivity (Wildman–Crippen MR) is 149 cm³/mol. The molecule has 8 heteroatoms. The second kappa shape index (κ2) is 11.1. The molecule has 3 heterocycles. The summed E-state index contributed by atoms with van der Waals surface area (Å²) < 4.78 is 8.19. The highest BCUT2D eigenvalue weighted by atomic mass is 32.2. The molecule has 2 fully saturated rings. The minimum Gasteiger partial charge on any atom is -0.376 e. The number of para-hydroxylation sites is 1. The van der Waals surface area contributed by atoms with E-state index in [2.05, 4.69) is 31.2 Å². The maximum atomic E-state index is 13.2. The number of aromatic nitrogens is 2. The number of hydrogen-bond acceptors (Lipinski definition) is 6. The molecule has 2 saturated heterocycles. The lowest BCUT2D eigenvalue weighted by molar-refractivity contribution is -0.123. The molecule has 180 valence electrons. The summed E-state index contributed by atoms with van der Waals surface area (Å²) in [6, 6.07) is 18.5. The minimum absolute atomic E-state index is 0.0553. The first-order valence-corrected chi connectivity index (χ1v) is 14.1. The van der Waals surface area contributed by atoms with E-state index in [0.29, 0.717) is 15.8 Å². The molecule has 2 aromatic carbocycles. The Hall–Kier alpha value is -2.39. The van der Waals surface area contributed by atoms with Crippen LogP contribution in [0.4, 0.5) is 0 Å². The summed E-state index contributed by atoms with van der Waals surface area (Å²) in [5, 5.41) is 4.91. The number of benzene rings is 2. The second-order valence-corrected chi connectivity index (χ2v) is 11.4. The Morgan fingerprint density at radius 2 is 2.00 bits per heavy atom. The van der Waals surface area contributed by atoms with Gasteiger partial charge in [0.1, 0.15) is 4.32 Å². The molecule has 0 N–H and O–H groups in total. The lowest BCUT2D eigenvalue weighted by Gasteiger charge is -2.18. The maximum Gasteiger partial charge on any atom is 0.266 e. The molecule has 0 aliphatic carbocycles. The van der Waals surface area contributed by atoms with E-state index < -0.39 is 0 Å². The SMILES string of the molecule is CCCSc1ccc(-c2nn(-c3ccccc3)cc2/C=C2\SC(=S)N(CC3CCCO3)C2=O)cc1. The molecule has 2 aliphatic heterocycles. The van der Waals surface area contributed by atoms with Crippen molar-refractivity contribution in [2.45, 2.75) is 37.2 Å². The van der Waals surface area contributed by atoms with Gasteiger partial charge >= 0.3 is 0 Å². The third-order valence-electron chi connectivity index (χ3n) is 5.93. The summed E-state index contributed by atoms with van der Waals surface area (Å²) >= 11 is 8.76. The summed E-state index contributed by atoms with van der Waals surface area (Å²) in [4.78, 5) is 16.8. The zero-order valence-corrected chi connectivity index (χ0v) is 22.0. The van der Waals surface area contributed by atoms with Crippen LogP contribution in [0.3, 0.4) is 0 Å². The Morgan fingerprint density at radius 1 is 1.20 bits per heavy atom. The van der Waals surface area contributed by atoms with Gasteiger partial charge in [0.05, 0.1) is 28.9 Å². The zero-order valence-electron chi connectivity index (χ0n) is 19.6. The summed E-state index contributed by atoms with van der Waals surface area (Å²) in [6.07, 6.45) is 7.12. The lowest BCUT2D eigenvalue weighted by Crippen LogP contribution is -2.35. The molecule has 5 nitrogen and oxygen atoms in total. The quantitative estimate of drug-likeness (QED) is 0.194. The van der Waals surface area contributed by atoms with Crippen LogP contribution in [0.1, 0.15) is 31.7 Å². The fourth-order valence-corrected chi connectivity index (χ4v) is 6.18. The van der Waals surface area contributed by atoms with E-state index in [0.717, 1.165) is 54.1 Å². The number of thioether (sulfide) groups is 2. The van der Waals surface area contributed by atoms with Gasteiger partial charge in [-0.05, 0) is 55.4 Å². The van der Waals surface area contributed by atoms with Crippen LogP contribution in [-0.4, -0.2) is 49.9 Å². The van der Waals surface area contributed by atoms with Gasteiger partial charge < -0.3 is 4.74 Å². The van der Waals surface area contributed by atoms with Crippen LogP contribution in [0.5, 0.6) is 0 Å². The first-order valence-electron chi connectivity index (χ1n) is 11.9. The molecule has 1 unspecified atom stereocenters. The molecule has 35 heavy (non-hydrogen) atoms. The number of carbonyl (C=O) groups excluding carboxylic acids is 1. The third-order valence-corrected chi connectivity index (χ3v) is 8.53. The van der Waals surface area contributed by atoms with E-state index in [1.54, 1.807) is 4.90 Å². The van der Waals surface area contributed by atoms with Crippen molar-refractivity contribution < 1.29 is 9.53 Å². The third kappa shape index (κ3) is 5.56. The van der Waals surface area contributed by atoms with Gasteiger partial charge in [-0.3, -0.25) is 9.69 Å². The molecular formula is C27H27N3O2S3. The van der Waals surface area contributed by atoms with Crippen LogP contribution in [0.25, 0.3) is 23.0 Å². The second-order valence-electron chi connectivity index (χ2n) is 8.51. The van der Waals surface area contributed by atoms with Gasteiger partial charge in [-0.1, -0.05) is 61.2 Å². The van der Waals surface area contributed by atoms with Gasteiger partial charge in [0.2, 0.25) is 0 Å². The van der Waals surface area contributed by atoms with E-state index in [4.69, 9.17) is 22.1 Å². The van der Waals surface area contributed by atoms with Crippen LogP contribution in [0, 0.1) is 0 Å². The highest BCUT2D eigenvalue weighted by Gasteiger charge is 2.35. The van der Waals surface area contributed by atoms with Crippen molar-refractivity contribution in [1.29, 1.82) is 0 Å². The Morgan fingerprint density at radius 3 is 2.71 bits per heavy atom. The standard InChI is InChI=1S/C27H27N3O2S3/c1-2-15-34-23-12-10-19(11-13-23)25-20(17-30(28-25)21-7-4-3-5-8-21)16-24-26(31)29(27(33)35-24)18-22-9-6-14-32-22/h3-5,7-8,10-13,16-17,22H,2,6,9,14-15,18H2,1H3/b24-16-. The monoisotopic (exact) mass is 521 g/mol. The highest BCUT2D eigenvalue weighted by Crippen LogP contribution is 2.36. The number of ether oxygens (including phenoxy) is 1. The molecule has 3 aromatic rings. The molecule has 0 spiro atoms. The van der Waals surface area contributed by atoms with Crippen molar-refractivity contribution in [3.8, 4) is 16.9 Å². The van der Waals surface area contributed by atoms with E-state index in [-0.39, 0.29) is 12.0 Å². The van der Waals surface area contributed by atoms with Gasteiger partial charge in [0.15, 0.2) is 0 Å². The van der Waals surface area contributed by atoms with Crippen LogP contribution in [0.15, 0.2) is 70.6 Å². The van der Waals surface area contributed by atoms with Crippen molar-refractivity contribution in [2.75, 3.05) is 18.9 Å². The first-order chi connectivity index (χ1) is 17.1. The van der Waals surface area contributed by atoms with Crippen molar-refractivity contribution in [3.63, 3.8) is 0 Å². The molecule has 0 bridgehead atoms. The normalized spacial score (nSPS) is 19.3. The average molecular weight is 522 g/mol. The van der Waals surface area contributed by atoms with E-state index in [1.165, 1.54) is 16.7 Å². The zero-order chi connectivity index (χ0) is 24.2. The molecule has 0 radical (unpaired) electrons. The number of hydrogen-bond donors (Lipinski definition) is 0. The van der Waals surface area contributed by atoms with Crippen LogP contribution in [-0.2, 0) is 9.53 Å². The highest BCUT2D eigenvalue weighted by molar-refractivity contribution is 8.26. The van der Waals surface area contributed by atoms with E-state index in [9.17, 15) is 4.79 Å². The molecule has 1 amide bonds. The number of thiocarbonyl (C=S) groups is 1. The fourth-order valence-electron chi connectivity index (χ4n) is 4.15. The molecule has 5 rings (SSSR count). The fraction of sp³-hybridized carbons (Fsp3) is 0.296.